The zero-order valence-electron chi connectivity index (χ0n) is 6.25. The molecule has 0 aromatic carbocycles. The molecule has 1 atom stereocenters. The first kappa shape index (κ1) is 7.87. The Bertz CT molecular complexity index is 236. The first-order chi connectivity index (χ1) is 5.08. The van der Waals surface area contributed by atoms with E-state index in [0.717, 1.165) is 0 Å². The van der Waals surface area contributed by atoms with Gasteiger partial charge in [0, 0.05) is 7.11 Å². The maximum Gasteiger partial charge on any atom is 0.347 e. The Morgan fingerprint density at radius 1 is 1.64 bits per heavy atom. The van der Waals surface area contributed by atoms with Crippen molar-refractivity contribution >= 4 is 18.2 Å². The lowest BCUT2D eigenvalue weighted by molar-refractivity contribution is -0.133. The second kappa shape index (κ2) is 2.43. The smallest absolute Gasteiger partial charge is 0.347 e. The number of ether oxygens (including phenoxy) is 1. The van der Waals surface area contributed by atoms with Crippen molar-refractivity contribution in [1.82, 2.24) is 5.32 Å². The van der Waals surface area contributed by atoms with E-state index in [1.807, 2.05) is 5.32 Å². The van der Waals surface area contributed by atoms with E-state index in [4.69, 9.17) is 4.74 Å². The van der Waals surface area contributed by atoms with Crippen LogP contribution < -0.4 is 5.32 Å². The molecule has 1 rings (SSSR count). The standard InChI is InChI=1S/C6H8N2O3/c1-6(11-2)3-7-5(10)8-4(6)9/h3H,1-2H3,(H,8,9,10). The van der Waals surface area contributed by atoms with Gasteiger partial charge in [-0.2, -0.15) is 0 Å². The van der Waals surface area contributed by atoms with E-state index in [-0.39, 0.29) is 0 Å². The molecule has 1 aliphatic heterocycles. The third-order valence-electron chi connectivity index (χ3n) is 1.52. The number of carbonyl (C=O) groups excluding carboxylic acids is 2. The third-order valence-corrected chi connectivity index (χ3v) is 1.52. The number of urea groups is 1. The molecule has 1 aliphatic rings. The lowest BCUT2D eigenvalue weighted by Gasteiger charge is -2.23. The fourth-order valence-corrected chi connectivity index (χ4v) is 0.639. The molecule has 0 bridgehead atoms. The molecule has 5 heteroatoms. The summed E-state index contributed by atoms with van der Waals surface area (Å²) in [6.45, 7) is 1.53. The molecule has 0 aliphatic carbocycles. The van der Waals surface area contributed by atoms with Gasteiger partial charge < -0.3 is 4.74 Å². The second-order valence-corrected chi connectivity index (χ2v) is 2.33. The average Bonchev–Trinajstić information content (AvgIpc) is 1.98. The van der Waals surface area contributed by atoms with Gasteiger partial charge in [0.15, 0.2) is 5.60 Å². The van der Waals surface area contributed by atoms with Crippen LogP contribution in [0.4, 0.5) is 4.79 Å². The van der Waals surface area contributed by atoms with Crippen molar-refractivity contribution in [2.45, 2.75) is 12.5 Å². The molecule has 0 fully saturated rings. The van der Waals surface area contributed by atoms with Crippen LogP contribution in [-0.2, 0) is 9.53 Å². The van der Waals surface area contributed by atoms with Crippen LogP contribution >= 0.6 is 0 Å². The molecule has 1 heterocycles. The van der Waals surface area contributed by atoms with Crippen molar-refractivity contribution in [3.8, 4) is 0 Å². The minimum absolute atomic E-state index is 0.486. The maximum absolute atomic E-state index is 11.0. The minimum atomic E-state index is -1.10. The van der Waals surface area contributed by atoms with Crippen molar-refractivity contribution in [3.63, 3.8) is 0 Å². The third kappa shape index (κ3) is 1.27. The Kier molecular flexibility index (Phi) is 1.74. The van der Waals surface area contributed by atoms with Crippen LogP contribution in [0.1, 0.15) is 6.92 Å². The van der Waals surface area contributed by atoms with Gasteiger partial charge in [0.2, 0.25) is 0 Å². The van der Waals surface area contributed by atoms with Gasteiger partial charge in [-0.25, -0.2) is 9.79 Å². The highest BCUT2D eigenvalue weighted by Crippen LogP contribution is 2.08. The van der Waals surface area contributed by atoms with Gasteiger partial charge >= 0.3 is 6.03 Å². The van der Waals surface area contributed by atoms with Crippen LogP contribution in [0.2, 0.25) is 0 Å². The predicted molar refractivity (Wildman–Crippen MR) is 37.4 cm³/mol. The lowest BCUT2D eigenvalue weighted by atomic mass is 10.1. The zero-order valence-corrected chi connectivity index (χ0v) is 6.25. The molecule has 0 saturated carbocycles. The summed E-state index contributed by atoms with van der Waals surface area (Å²) < 4.78 is 4.83. The summed E-state index contributed by atoms with van der Waals surface area (Å²) in [5.74, 6) is -0.486. The Morgan fingerprint density at radius 3 is 2.73 bits per heavy atom. The fourth-order valence-electron chi connectivity index (χ4n) is 0.639. The Labute approximate surface area is 63.4 Å². The van der Waals surface area contributed by atoms with Crippen LogP contribution in [-0.4, -0.2) is 30.9 Å². The molecule has 60 valence electrons. The van der Waals surface area contributed by atoms with Gasteiger partial charge in [-0.15, -0.1) is 0 Å². The van der Waals surface area contributed by atoms with Crippen molar-refractivity contribution in [1.29, 1.82) is 0 Å². The second-order valence-electron chi connectivity index (χ2n) is 2.33. The van der Waals surface area contributed by atoms with Crippen LogP contribution in [0.15, 0.2) is 4.99 Å². The van der Waals surface area contributed by atoms with Crippen LogP contribution in [0.25, 0.3) is 0 Å². The molecule has 5 nitrogen and oxygen atoms in total. The van der Waals surface area contributed by atoms with E-state index in [0.29, 0.717) is 0 Å². The van der Waals surface area contributed by atoms with E-state index in [1.54, 1.807) is 0 Å². The van der Waals surface area contributed by atoms with Gasteiger partial charge in [0.25, 0.3) is 5.91 Å². The number of hydrogen-bond acceptors (Lipinski definition) is 3. The fraction of sp³-hybridized carbons (Fsp3) is 0.500. The Hall–Kier alpha value is -1.23. The van der Waals surface area contributed by atoms with Crippen molar-refractivity contribution in [2.75, 3.05) is 7.11 Å². The van der Waals surface area contributed by atoms with Gasteiger partial charge in [-0.1, -0.05) is 0 Å². The quantitative estimate of drug-likeness (QED) is 0.567. The number of hydrogen-bond donors (Lipinski definition) is 1. The molecule has 0 saturated heterocycles. The van der Waals surface area contributed by atoms with Crippen LogP contribution in [0.5, 0.6) is 0 Å². The number of methoxy groups -OCH3 is 1. The van der Waals surface area contributed by atoms with E-state index in [2.05, 4.69) is 4.99 Å². The summed E-state index contributed by atoms with van der Waals surface area (Å²) in [6.07, 6.45) is 1.19. The monoisotopic (exact) mass is 156 g/mol. The van der Waals surface area contributed by atoms with Gasteiger partial charge in [-0.3, -0.25) is 10.1 Å². The highest BCUT2D eigenvalue weighted by Gasteiger charge is 2.35. The first-order valence-electron chi connectivity index (χ1n) is 3.04. The number of carbonyl (C=O) groups is 2. The molecule has 1 N–H and O–H groups in total. The first-order valence-corrected chi connectivity index (χ1v) is 3.04. The van der Waals surface area contributed by atoms with E-state index < -0.39 is 17.5 Å². The molecular weight excluding hydrogens is 148 g/mol. The molecule has 1 unspecified atom stereocenters. The topological polar surface area (TPSA) is 67.8 Å². The SMILES string of the molecule is COC1(C)C=NC(=O)NC1=O. The Balaban J connectivity index is 2.92. The number of imide groups is 1. The number of nitrogens with zero attached hydrogens (tertiary/aromatic N) is 1. The highest BCUT2D eigenvalue weighted by molar-refractivity contribution is 6.14. The molecular formula is C6H8N2O3. The van der Waals surface area contributed by atoms with Gasteiger partial charge in [0.1, 0.15) is 0 Å². The number of nitrogens with one attached hydrogen (secondary N) is 1. The summed E-state index contributed by atoms with van der Waals surface area (Å²) in [5, 5.41) is 2.02. The molecule has 0 radical (unpaired) electrons. The summed E-state index contributed by atoms with van der Waals surface area (Å²) in [7, 11) is 1.38. The molecule has 3 amide bonds. The predicted octanol–water partition coefficient (Wildman–Crippen LogP) is -0.288. The number of rotatable bonds is 1. The molecule has 0 aromatic heterocycles. The van der Waals surface area contributed by atoms with Crippen LogP contribution in [0, 0.1) is 0 Å². The Morgan fingerprint density at radius 2 is 2.27 bits per heavy atom. The zero-order chi connectivity index (χ0) is 8.48. The van der Waals surface area contributed by atoms with Crippen molar-refractivity contribution in [2.24, 2.45) is 4.99 Å². The molecule has 0 spiro atoms. The summed E-state index contributed by atoms with van der Waals surface area (Å²) in [6, 6.07) is -0.649. The normalized spacial score (nSPS) is 30.4. The van der Waals surface area contributed by atoms with E-state index in [1.165, 1.54) is 20.2 Å². The largest absolute Gasteiger partial charge is 0.363 e. The molecule has 11 heavy (non-hydrogen) atoms. The van der Waals surface area contributed by atoms with Gasteiger partial charge in [0.05, 0.1) is 6.21 Å². The number of aliphatic imine (C=N–C) groups is 1. The van der Waals surface area contributed by atoms with Crippen LogP contribution in [0.3, 0.4) is 0 Å². The molecule has 0 aromatic rings. The van der Waals surface area contributed by atoms with E-state index in [9.17, 15) is 9.59 Å². The van der Waals surface area contributed by atoms with Gasteiger partial charge in [-0.05, 0) is 6.92 Å². The summed E-state index contributed by atoms with van der Waals surface area (Å²) in [4.78, 5) is 24.9. The average molecular weight is 156 g/mol. The number of amides is 3. The van der Waals surface area contributed by atoms with Crippen molar-refractivity contribution < 1.29 is 14.3 Å². The lowest BCUT2D eigenvalue weighted by Crippen LogP contribution is -2.52. The van der Waals surface area contributed by atoms with Crippen molar-refractivity contribution in [3.05, 3.63) is 0 Å². The van der Waals surface area contributed by atoms with E-state index >= 15 is 0 Å². The minimum Gasteiger partial charge on any atom is -0.363 e. The summed E-state index contributed by atoms with van der Waals surface area (Å²) >= 11 is 0. The highest BCUT2D eigenvalue weighted by atomic mass is 16.5. The summed E-state index contributed by atoms with van der Waals surface area (Å²) in [5.41, 5.74) is -1.10. The maximum atomic E-state index is 11.0.